The van der Waals surface area contributed by atoms with Gasteiger partial charge in [-0.05, 0) is 30.0 Å². The van der Waals surface area contributed by atoms with Crippen LogP contribution in [0.2, 0.25) is 5.15 Å². The number of benzene rings is 1. The number of amides is 1. The Kier molecular flexibility index (Phi) is 4.25. The molecule has 1 amide bonds. The summed E-state index contributed by atoms with van der Waals surface area (Å²) in [5, 5.41) is -0.439. The van der Waals surface area contributed by atoms with E-state index in [1.165, 1.54) is 4.90 Å². The van der Waals surface area contributed by atoms with Crippen LogP contribution in [-0.4, -0.2) is 17.4 Å². The van der Waals surface area contributed by atoms with Crippen molar-refractivity contribution in [3.63, 3.8) is 0 Å². The standard InChI is InChI=1S/C17H14ClF3N2O/c1-10-7-9-23(13-5-3-2-4-11(10)13)16(24)14-12(17(19,20)21)6-8-22-15(14)18/h2-6,8,10H,7,9H2,1H3/t10-/m0/s1. The van der Waals surface area contributed by atoms with E-state index >= 15 is 0 Å². The second kappa shape index (κ2) is 6.09. The molecule has 1 aromatic heterocycles. The molecule has 0 bridgehead atoms. The summed E-state index contributed by atoms with van der Waals surface area (Å²) < 4.78 is 39.8. The van der Waals surface area contributed by atoms with E-state index in [2.05, 4.69) is 4.98 Å². The van der Waals surface area contributed by atoms with Gasteiger partial charge >= 0.3 is 6.18 Å². The topological polar surface area (TPSA) is 33.2 Å². The predicted octanol–water partition coefficient (Wildman–Crippen LogP) is 4.91. The van der Waals surface area contributed by atoms with E-state index in [1.807, 2.05) is 19.1 Å². The highest BCUT2D eigenvalue weighted by molar-refractivity contribution is 6.33. The highest BCUT2D eigenvalue weighted by Crippen LogP contribution is 2.39. The van der Waals surface area contributed by atoms with Gasteiger partial charge in [-0.15, -0.1) is 0 Å². The normalized spacial score (nSPS) is 17.5. The van der Waals surface area contributed by atoms with Crippen molar-refractivity contribution in [2.75, 3.05) is 11.4 Å². The average Bonchev–Trinajstić information content (AvgIpc) is 2.54. The van der Waals surface area contributed by atoms with Gasteiger partial charge in [0.15, 0.2) is 0 Å². The molecule has 2 aromatic rings. The number of fused-ring (bicyclic) bond motifs is 1. The first-order valence-electron chi connectivity index (χ1n) is 7.43. The Morgan fingerprint density at radius 1 is 1.29 bits per heavy atom. The van der Waals surface area contributed by atoms with Gasteiger partial charge in [-0.1, -0.05) is 36.7 Å². The van der Waals surface area contributed by atoms with Gasteiger partial charge in [0, 0.05) is 18.4 Å². The lowest BCUT2D eigenvalue weighted by atomic mass is 9.91. The minimum atomic E-state index is -4.68. The van der Waals surface area contributed by atoms with E-state index in [0.717, 1.165) is 17.8 Å². The first-order valence-corrected chi connectivity index (χ1v) is 7.81. The largest absolute Gasteiger partial charge is 0.417 e. The van der Waals surface area contributed by atoms with Crippen LogP contribution in [0.25, 0.3) is 0 Å². The maximum Gasteiger partial charge on any atom is 0.417 e. The van der Waals surface area contributed by atoms with Gasteiger partial charge in [-0.25, -0.2) is 4.98 Å². The van der Waals surface area contributed by atoms with Crippen LogP contribution in [0.5, 0.6) is 0 Å². The highest BCUT2D eigenvalue weighted by atomic mass is 35.5. The molecule has 0 saturated carbocycles. The molecule has 0 N–H and O–H groups in total. The second-order valence-electron chi connectivity index (χ2n) is 5.73. The van der Waals surface area contributed by atoms with Gasteiger partial charge in [0.05, 0.1) is 11.1 Å². The third-order valence-corrected chi connectivity index (χ3v) is 4.50. The molecule has 1 aliphatic rings. The van der Waals surface area contributed by atoms with Crippen LogP contribution >= 0.6 is 11.6 Å². The lowest BCUT2D eigenvalue weighted by Gasteiger charge is -2.33. The number of anilines is 1. The van der Waals surface area contributed by atoms with Crippen molar-refractivity contribution in [2.24, 2.45) is 0 Å². The van der Waals surface area contributed by atoms with Crippen molar-refractivity contribution < 1.29 is 18.0 Å². The Hall–Kier alpha value is -2.08. The summed E-state index contributed by atoms with van der Waals surface area (Å²) in [5.74, 6) is -0.545. The van der Waals surface area contributed by atoms with Crippen molar-refractivity contribution in [3.05, 3.63) is 58.4 Å². The molecule has 0 radical (unpaired) electrons. The SMILES string of the molecule is C[C@H]1CCN(C(=O)c2c(C(F)(F)F)ccnc2Cl)c2ccccc21. The monoisotopic (exact) mass is 354 g/mol. The molecule has 24 heavy (non-hydrogen) atoms. The number of carbonyl (C=O) groups excluding carboxylic acids is 1. The van der Waals surface area contributed by atoms with Gasteiger partial charge < -0.3 is 4.90 Å². The number of carbonyl (C=O) groups is 1. The number of para-hydroxylation sites is 1. The number of aromatic nitrogens is 1. The first-order chi connectivity index (χ1) is 11.3. The summed E-state index contributed by atoms with van der Waals surface area (Å²) in [7, 11) is 0. The number of pyridine rings is 1. The average molecular weight is 355 g/mol. The molecule has 0 fully saturated rings. The summed E-state index contributed by atoms with van der Waals surface area (Å²) in [6, 6.07) is 8.00. The number of rotatable bonds is 1. The number of hydrogen-bond donors (Lipinski definition) is 0. The van der Waals surface area contributed by atoms with Crippen molar-refractivity contribution >= 4 is 23.2 Å². The zero-order valence-corrected chi connectivity index (χ0v) is 13.5. The Morgan fingerprint density at radius 3 is 2.71 bits per heavy atom. The lowest BCUT2D eigenvalue weighted by Crippen LogP contribution is -2.37. The fourth-order valence-corrected chi connectivity index (χ4v) is 3.21. The molecule has 1 aromatic carbocycles. The highest BCUT2D eigenvalue weighted by Gasteiger charge is 2.39. The maximum absolute atomic E-state index is 13.3. The number of hydrogen-bond acceptors (Lipinski definition) is 2. The van der Waals surface area contributed by atoms with Crippen LogP contribution in [-0.2, 0) is 6.18 Å². The van der Waals surface area contributed by atoms with E-state index in [-0.39, 0.29) is 5.92 Å². The van der Waals surface area contributed by atoms with Crippen LogP contribution < -0.4 is 4.90 Å². The third-order valence-electron chi connectivity index (χ3n) is 4.21. The minimum Gasteiger partial charge on any atom is -0.308 e. The number of halogens is 4. The molecule has 1 atom stereocenters. The van der Waals surface area contributed by atoms with Crippen LogP contribution in [0.4, 0.5) is 18.9 Å². The lowest BCUT2D eigenvalue weighted by molar-refractivity contribution is -0.138. The molecule has 2 heterocycles. The maximum atomic E-state index is 13.3. The van der Waals surface area contributed by atoms with Crippen molar-refractivity contribution in [1.82, 2.24) is 4.98 Å². The van der Waals surface area contributed by atoms with E-state index in [9.17, 15) is 18.0 Å². The summed E-state index contributed by atoms with van der Waals surface area (Å²) in [6.07, 6.45) is -3.06. The van der Waals surface area contributed by atoms with Crippen molar-refractivity contribution in [3.8, 4) is 0 Å². The number of nitrogens with zero attached hydrogens (tertiary/aromatic N) is 2. The third kappa shape index (κ3) is 2.86. The molecule has 7 heteroatoms. The fraction of sp³-hybridized carbons (Fsp3) is 0.294. The van der Waals surface area contributed by atoms with Crippen molar-refractivity contribution in [2.45, 2.75) is 25.4 Å². The van der Waals surface area contributed by atoms with Crippen LogP contribution in [0.15, 0.2) is 36.5 Å². The van der Waals surface area contributed by atoms with Gasteiger partial charge in [0.25, 0.3) is 5.91 Å². The van der Waals surface area contributed by atoms with Gasteiger partial charge in [-0.3, -0.25) is 4.79 Å². The minimum absolute atomic E-state index is 0.233. The van der Waals surface area contributed by atoms with Crippen LogP contribution in [0.1, 0.15) is 40.7 Å². The van der Waals surface area contributed by atoms with E-state index < -0.39 is 28.4 Å². The molecule has 3 nitrogen and oxygen atoms in total. The van der Waals surface area contributed by atoms with E-state index in [4.69, 9.17) is 11.6 Å². The van der Waals surface area contributed by atoms with Gasteiger partial charge in [0.1, 0.15) is 5.15 Å². The van der Waals surface area contributed by atoms with Crippen LogP contribution in [0.3, 0.4) is 0 Å². The summed E-state index contributed by atoms with van der Waals surface area (Å²) >= 11 is 5.85. The molecule has 1 aliphatic heterocycles. The zero-order chi connectivity index (χ0) is 17.5. The molecule has 0 saturated heterocycles. The van der Waals surface area contributed by atoms with Crippen molar-refractivity contribution in [1.29, 1.82) is 0 Å². The van der Waals surface area contributed by atoms with Crippen LogP contribution in [0, 0.1) is 0 Å². The number of alkyl halides is 3. The Balaban J connectivity index is 2.11. The first kappa shape index (κ1) is 16.8. The fourth-order valence-electron chi connectivity index (χ4n) is 2.97. The summed E-state index contributed by atoms with van der Waals surface area (Å²) in [6.45, 7) is 2.36. The summed E-state index contributed by atoms with van der Waals surface area (Å²) in [5.41, 5.74) is -0.111. The molecule has 3 rings (SSSR count). The van der Waals surface area contributed by atoms with Gasteiger partial charge in [-0.2, -0.15) is 13.2 Å². The molecule has 0 spiro atoms. The van der Waals surface area contributed by atoms with E-state index in [0.29, 0.717) is 18.7 Å². The Bertz CT molecular complexity index is 792. The molecular weight excluding hydrogens is 341 g/mol. The molecule has 0 unspecified atom stereocenters. The molecule has 126 valence electrons. The zero-order valence-electron chi connectivity index (χ0n) is 12.8. The quantitative estimate of drug-likeness (QED) is 0.682. The van der Waals surface area contributed by atoms with E-state index in [1.54, 1.807) is 12.1 Å². The predicted molar refractivity (Wildman–Crippen MR) is 85.4 cm³/mol. The summed E-state index contributed by atoms with van der Waals surface area (Å²) in [4.78, 5) is 17.9. The van der Waals surface area contributed by atoms with Gasteiger partial charge in [0.2, 0.25) is 0 Å². The second-order valence-corrected chi connectivity index (χ2v) is 6.09. The molecular formula is C17H14ClF3N2O. The molecule has 0 aliphatic carbocycles. The Morgan fingerprint density at radius 2 is 2.00 bits per heavy atom. The Labute approximate surface area is 142 Å². The smallest absolute Gasteiger partial charge is 0.308 e.